The SMILES string of the molecule is C[C@H](CCC[C@H](C)O[Si](C)(C)C(C)(C)C)[C@H]1CC[C@H]2C(=O)CCC[C@]12C. The number of fused-ring (bicyclic) bond motifs is 1. The third-order valence-electron chi connectivity index (χ3n) is 8.20. The minimum atomic E-state index is -1.65. The topological polar surface area (TPSA) is 26.3 Å². The first-order chi connectivity index (χ1) is 11.9. The van der Waals surface area contributed by atoms with Crippen molar-refractivity contribution in [3.63, 3.8) is 0 Å². The number of Topliss-reactive ketones (excluding diaryl/α,β-unsaturated/α-hetero) is 1. The molecule has 0 aromatic carbocycles. The Labute approximate surface area is 164 Å². The Kier molecular flexibility index (Phi) is 6.87. The zero-order valence-corrected chi connectivity index (χ0v) is 19.8. The first-order valence-corrected chi connectivity index (χ1v) is 14.0. The van der Waals surface area contributed by atoms with Gasteiger partial charge in [0.1, 0.15) is 5.78 Å². The van der Waals surface area contributed by atoms with Gasteiger partial charge in [0, 0.05) is 18.4 Å². The van der Waals surface area contributed by atoms with E-state index in [9.17, 15) is 4.79 Å². The van der Waals surface area contributed by atoms with Gasteiger partial charge in [-0.2, -0.15) is 0 Å². The summed E-state index contributed by atoms with van der Waals surface area (Å²) in [4.78, 5) is 12.4. The van der Waals surface area contributed by atoms with Gasteiger partial charge in [-0.05, 0) is 74.4 Å². The standard InChI is InChI=1S/C23H44O2Si/c1-17(11-9-12-18(2)25-26(7,8)22(3,4)5)19-14-15-20-21(24)13-10-16-23(19,20)6/h17-20H,9-16H2,1-8H3/t17-,18+,19-,20+,23-/m1/s1. The molecule has 2 aliphatic carbocycles. The predicted molar refractivity (Wildman–Crippen MR) is 114 cm³/mol. The molecule has 26 heavy (non-hydrogen) atoms. The molecule has 2 fully saturated rings. The fourth-order valence-electron chi connectivity index (χ4n) is 5.57. The maximum atomic E-state index is 12.4. The molecular formula is C23H44O2Si. The zero-order valence-electron chi connectivity index (χ0n) is 18.8. The van der Waals surface area contributed by atoms with E-state index < -0.39 is 8.32 Å². The van der Waals surface area contributed by atoms with Crippen molar-refractivity contribution in [1.29, 1.82) is 0 Å². The molecule has 0 N–H and O–H groups in total. The van der Waals surface area contributed by atoms with Gasteiger partial charge in [-0.1, -0.05) is 47.5 Å². The van der Waals surface area contributed by atoms with Gasteiger partial charge in [0.25, 0.3) is 0 Å². The summed E-state index contributed by atoms with van der Waals surface area (Å²) < 4.78 is 6.52. The van der Waals surface area contributed by atoms with Crippen LogP contribution in [-0.2, 0) is 9.22 Å². The largest absolute Gasteiger partial charge is 0.414 e. The molecule has 0 bridgehead atoms. The van der Waals surface area contributed by atoms with Crippen LogP contribution < -0.4 is 0 Å². The van der Waals surface area contributed by atoms with Gasteiger partial charge in [-0.15, -0.1) is 0 Å². The number of ketones is 1. The first kappa shape index (κ1) is 22.1. The average Bonchev–Trinajstić information content (AvgIpc) is 2.84. The lowest BCUT2D eigenvalue weighted by Crippen LogP contribution is -2.43. The van der Waals surface area contributed by atoms with E-state index in [-0.39, 0.29) is 10.5 Å². The Morgan fingerprint density at radius 2 is 1.85 bits per heavy atom. The number of rotatable bonds is 7. The number of hydrogen-bond donors (Lipinski definition) is 0. The second kappa shape index (κ2) is 8.07. The molecule has 2 rings (SSSR count). The monoisotopic (exact) mass is 380 g/mol. The van der Waals surface area contributed by atoms with E-state index in [0.29, 0.717) is 17.8 Å². The molecule has 0 aliphatic heterocycles. The van der Waals surface area contributed by atoms with Crippen molar-refractivity contribution in [2.45, 2.75) is 117 Å². The summed E-state index contributed by atoms with van der Waals surface area (Å²) >= 11 is 0. The Balaban J connectivity index is 1.82. The van der Waals surface area contributed by atoms with Gasteiger partial charge in [-0.3, -0.25) is 4.79 Å². The van der Waals surface area contributed by atoms with E-state index in [1.54, 1.807) is 0 Å². The van der Waals surface area contributed by atoms with E-state index in [0.717, 1.165) is 31.1 Å². The molecule has 3 heteroatoms. The quantitative estimate of drug-likeness (QED) is 0.445. The van der Waals surface area contributed by atoms with Crippen LogP contribution in [0.15, 0.2) is 0 Å². The molecule has 0 heterocycles. The molecule has 2 saturated carbocycles. The molecule has 0 radical (unpaired) electrons. The van der Waals surface area contributed by atoms with E-state index in [4.69, 9.17) is 4.43 Å². The minimum absolute atomic E-state index is 0.287. The van der Waals surface area contributed by atoms with Crippen LogP contribution in [0.1, 0.15) is 92.9 Å². The molecule has 2 nitrogen and oxygen atoms in total. The van der Waals surface area contributed by atoms with Crippen LogP contribution in [0.3, 0.4) is 0 Å². The van der Waals surface area contributed by atoms with Crippen LogP contribution in [0.5, 0.6) is 0 Å². The van der Waals surface area contributed by atoms with Crippen LogP contribution in [0.2, 0.25) is 18.1 Å². The maximum Gasteiger partial charge on any atom is 0.192 e. The van der Waals surface area contributed by atoms with Gasteiger partial charge in [-0.25, -0.2) is 0 Å². The van der Waals surface area contributed by atoms with Crippen LogP contribution in [0, 0.1) is 23.2 Å². The van der Waals surface area contributed by atoms with Gasteiger partial charge in [0.2, 0.25) is 0 Å². The van der Waals surface area contributed by atoms with Crippen LogP contribution in [-0.4, -0.2) is 20.2 Å². The lowest BCUT2D eigenvalue weighted by Gasteiger charge is -2.42. The van der Waals surface area contributed by atoms with Crippen molar-refractivity contribution in [2.75, 3.05) is 0 Å². The van der Waals surface area contributed by atoms with E-state index in [1.165, 1.54) is 32.1 Å². The van der Waals surface area contributed by atoms with Crippen molar-refractivity contribution >= 4 is 14.1 Å². The first-order valence-electron chi connectivity index (χ1n) is 11.1. The van der Waals surface area contributed by atoms with Crippen molar-refractivity contribution in [1.82, 2.24) is 0 Å². The highest BCUT2D eigenvalue weighted by Crippen LogP contribution is 2.57. The molecule has 0 spiro atoms. The summed E-state index contributed by atoms with van der Waals surface area (Å²) in [6.07, 6.45) is 9.71. The van der Waals surface area contributed by atoms with Crippen molar-refractivity contribution in [3.8, 4) is 0 Å². The highest BCUT2D eigenvalue weighted by atomic mass is 28.4. The second-order valence-corrected chi connectivity index (χ2v) is 15.9. The summed E-state index contributed by atoms with van der Waals surface area (Å²) in [6.45, 7) is 18.8. The molecule has 0 aromatic rings. The number of carbonyl (C=O) groups excluding carboxylic acids is 1. The Morgan fingerprint density at radius 3 is 2.46 bits per heavy atom. The summed E-state index contributed by atoms with van der Waals surface area (Å²) in [5, 5.41) is 0.287. The zero-order chi connectivity index (χ0) is 19.8. The Bertz CT molecular complexity index is 493. The predicted octanol–water partition coefficient (Wildman–Crippen LogP) is 6.99. The smallest absolute Gasteiger partial charge is 0.192 e. The summed E-state index contributed by atoms with van der Waals surface area (Å²) in [7, 11) is -1.65. The van der Waals surface area contributed by atoms with Crippen molar-refractivity contribution < 1.29 is 9.22 Å². The van der Waals surface area contributed by atoms with Gasteiger partial charge < -0.3 is 4.43 Å². The Hall–Kier alpha value is -0.153. The van der Waals surface area contributed by atoms with Crippen LogP contribution >= 0.6 is 0 Å². The van der Waals surface area contributed by atoms with Crippen LogP contribution in [0.4, 0.5) is 0 Å². The second-order valence-electron chi connectivity index (χ2n) is 11.2. The fraction of sp³-hybridized carbons (Fsp3) is 0.957. The highest BCUT2D eigenvalue weighted by molar-refractivity contribution is 6.74. The average molecular weight is 381 g/mol. The molecule has 0 aromatic heterocycles. The normalized spacial score (nSPS) is 32.4. The molecule has 0 unspecified atom stereocenters. The van der Waals surface area contributed by atoms with Gasteiger partial charge in [0.05, 0.1) is 0 Å². The van der Waals surface area contributed by atoms with Crippen LogP contribution in [0.25, 0.3) is 0 Å². The molecule has 152 valence electrons. The lowest BCUT2D eigenvalue weighted by molar-refractivity contribution is -0.130. The van der Waals surface area contributed by atoms with E-state index in [1.807, 2.05) is 0 Å². The van der Waals surface area contributed by atoms with Crippen molar-refractivity contribution in [3.05, 3.63) is 0 Å². The third-order valence-corrected chi connectivity index (χ3v) is 12.8. The molecule has 2 aliphatic rings. The highest BCUT2D eigenvalue weighted by Gasteiger charge is 2.52. The molecule has 0 saturated heterocycles. The Morgan fingerprint density at radius 1 is 1.19 bits per heavy atom. The molecular weight excluding hydrogens is 336 g/mol. The van der Waals surface area contributed by atoms with E-state index >= 15 is 0 Å². The van der Waals surface area contributed by atoms with Crippen molar-refractivity contribution in [2.24, 2.45) is 23.2 Å². The summed E-state index contributed by atoms with van der Waals surface area (Å²) in [6, 6.07) is 0. The molecule has 0 amide bonds. The third kappa shape index (κ3) is 4.63. The lowest BCUT2D eigenvalue weighted by atomic mass is 9.62. The van der Waals surface area contributed by atoms with Gasteiger partial charge in [0.15, 0.2) is 8.32 Å². The summed E-state index contributed by atoms with van der Waals surface area (Å²) in [5.74, 6) is 2.40. The number of carbonyl (C=O) groups is 1. The van der Waals surface area contributed by atoms with E-state index in [2.05, 4.69) is 54.6 Å². The fourth-order valence-corrected chi connectivity index (χ4v) is 7.05. The van der Waals surface area contributed by atoms with Gasteiger partial charge >= 0.3 is 0 Å². The molecule has 5 atom stereocenters. The maximum absolute atomic E-state index is 12.4. The minimum Gasteiger partial charge on any atom is -0.414 e. The number of hydrogen-bond acceptors (Lipinski definition) is 2. The summed E-state index contributed by atoms with van der Waals surface area (Å²) in [5.41, 5.74) is 0.290.